The van der Waals surface area contributed by atoms with Gasteiger partial charge in [0.05, 0.1) is 12.9 Å². The number of methoxy groups -OCH3 is 1. The normalized spacial score (nSPS) is 9.88. The molecule has 1 aromatic heterocycles. The minimum atomic E-state index is -0.218. The molecule has 0 radical (unpaired) electrons. The van der Waals surface area contributed by atoms with Crippen LogP contribution < -0.4 is 5.32 Å². The number of carbonyl (C=O) groups is 1. The van der Waals surface area contributed by atoms with Crippen LogP contribution in [0.15, 0.2) is 23.2 Å². The highest BCUT2D eigenvalue weighted by atomic mass is 32.2. The van der Waals surface area contributed by atoms with Crippen LogP contribution in [0.4, 0.5) is 5.82 Å². The van der Waals surface area contributed by atoms with E-state index in [-0.39, 0.29) is 5.97 Å². The lowest BCUT2D eigenvalue weighted by Gasteiger charge is -2.05. The van der Waals surface area contributed by atoms with Gasteiger partial charge in [-0.25, -0.2) is 4.98 Å². The Kier molecular flexibility index (Phi) is 5.71. The Bertz CT molecular complexity index is 345. The average molecular weight is 240 g/mol. The Morgan fingerprint density at radius 2 is 2.44 bits per heavy atom. The minimum Gasteiger partial charge on any atom is -0.468 e. The molecule has 0 saturated carbocycles. The van der Waals surface area contributed by atoms with Gasteiger partial charge in [-0.2, -0.15) is 0 Å². The molecular weight excluding hydrogens is 224 g/mol. The standard InChI is InChI=1S/C11H16N2O2S/c1-3-5-12-10-7-9(4-6-13-10)16-8-11(14)15-2/h4,6-7H,3,5,8H2,1-2H3,(H,12,13). The number of pyridine rings is 1. The van der Waals surface area contributed by atoms with E-state index >= 15 is 0 Å². The second kappa shape index (κ2) is 7.11. The van der Waals surface area contributed by atoms with Crippen molar-refractivity contribution in [1.82, 2.24) is 4.98 Å². The molecule has 0 fully saturated rings. The molecule has 0 aliphatic heterocycles. The van der Waals surface area contributed by atoms with Crippen LogP contribution in [0.5, 0.6) is 0 Å². The monoisotopic (exact) mass is 240 g/mol. The third kappa shape index (κ3) is 4.53. The number of ether oxygens (including phenoxy) is 1. The number of esters is 1. The van der Waals surface area contributed by atoms with E-state index in [0.717, 1.165) is 23.7 Å². The molecule has 0 aliphatic carbocycles. The lowest BCUT2D eigenvalue weighted by Crippen LogP contribution is -2.04. The third-order valence-corrected chi connectivity index (χ3v) is 2.84. The molecule has 0 amide bonds. The summed E-state index contributed by atoms with van der Waals surface area (Å²) in [6, 6.07) is 3.81. The highest BCUT2D eigenvalue weighted by Crippen LogP contribution is 2.19. The second-order valence-corrected chi connectivity index (χ2v) is 4.22. The first kappa shape index (κ1) is 12.8. The van der Waals surface area contributed by atoms with Gasteiger partial charge in [-0.15, -0.1) is 11.8 Å². The molecule has 0 atom stereocenters. The van der Waals surface area contributed by atoms with Crippen molar-refractivity contribution in [3.8, 4) is 0 Å². The van der Waals surface area contributed by atoms with Crippen molar-refractivity contribution in [3.63, 3.8) is 0 Å². The number of aromatic nitrogens is 1. The molecule has 1 rings (SSSR count). The summed E-state index contributed by atoms with van der Waals surface area (Å²) in [7, 11) is 1.39. The largest absolute Gasteiger partial charge is 0.468 e. The van der Waals surface area contributed by atoms with Gasteiger partial charge in [0.1, 0.15) is 5.82 Å². The molecule has 4 nitrogen and oxygen atoms in total. The number of rotatable bonds is 6. The first-order valence-corrected chi connectivity index (χ1v) is 6.14. The van der Waals surface area contributed by atoms with E-state index < -0.39 is 0 Å². The van der Waals surface area contributed by atoms with E-state index in [4.69, 9.17) is 0 Å². The molecule has 0 aliphatic rings. The van der Waals surface area contributed by atoms with Crippen molar-refractivity contribution in [2.75, 3.05) is 24.7 Å². The summed E-state index contributed by atoms with van der Waals surface area (Å²) < 4.78 is 4.58. The predicted octanol–water partition coefficient (Wildman–Crippen LogP) is 2.17. The zero-order valence-electron chi connectivity index (χ0n) is 9.53. The maximum atomic E-state index is 11.0. The number of thioether (sulfide) groups is 1. The smallest absolute Gasteiger partial charge is 0.315 e. The molecule has 16 heavy (non-hydrogen) atoms. The molecule has 0 bridgehead atoms. The van der Waals surface area contributed by atoms with Crippen molar-refractivity contribution < 1.29 is 9.53 Å². The van der Waals surface area contributed by atoms with Crippen LogP contribution in [0.2, 0.25) is 0 Å². The lowest BCUT2D eigenvalue weighted by molar-refractivity contribution is -0.137. The number of anilines is 1. The van der Waals surface area contributed by atoms with Crippen LogP contribution in [0, 0.1) is 0 Å². The molecule has 0 aromatic carbocycles. The third-order valence-electron chi connectivity index (χ3n) is 1.87. The van der Waals surface area contributed by atoms with Gasteiger partial charge in [0, 0.05) is 17.6 Å². The van der Waals surface area contributed by atoms with Crippen LogP contribution in [-0.4, -0.2) is 30.4 Å². The lowest BCUT2D eigenvalue weighted by atomic mass is 10.4. The van der Waals surface area contributed by atoms with Gasteiger partial charge in [0.15, 0.2) is 0 Å². The van der Waals surface area contributed by atoms with E-state index in [1.54, 1.807) is 6.20 Å². The molecule has 0 spiro atoms. The van der Waals surface area contributed by atoms with E-state index in [1.807, 2.05) is 12.1 Å². The van der Waals surface area contributed by atoms with E-state index in [0.29, 0.717) is 5.75 Å². The van der Waals surface area contributed by atoms with Crippen LogP contribution in [0.3, 0.4) is 0 Å². The molecular formula is C11H16N2O2S. The van der Waals surface area contributed by atoms with E-state index in [2.05, 4.69) is 22.0 Å². The molecule has 1 heterocycles. The summed E-state index contributed by atoms with van der Waals surface area (Å²) >= 11 is 1.45. The maximum Gasteiger partial charge on any atom is 0.315 e. The fourth-order valence-electron chi connectivity index (χ4n) is 1.05. The molecule has 0 unspecified atom stereocenters. The number of carbonyl (C=O) groups excluding carboxylic acids is 1. The van der Waals surface area contributed by atoms with Crippen molar-refractivity contribution in [3.05, 3.63) is 18.3 Å². The summed E-state index contributed by atoms with van der Waals surface area (Å²) in [5.74, 6) is 0.954. The van der Waals surface area contributed by atoms with Crippen LogP contribution in [0.1, 0.15) is 13.3 Å². The summed E-state index contributed by atoms with van der Waals surface area (Å²) in [4.78, 5) is 16.2. The second-order valence-electron chi connectivity index (χ2n) is 3.17. The van der Waals surface area contributed by atoms with Crippen molar-refractivity contribution >= 4 is 23.5 Å². The molecule has 1 N–H and O–H groups in total. The van der Waals surface area contributed by atoms with Gasteiger partial charge in [-0.3, -0.25) is 4.79 Å². The Balaban J connectivity index is 2.50. The Labute approximate surface area is 99.8 Å². The SMILES string of the molecule is CCCNc1cc(SCC(=O)OC)ccn1. The van der Waals surface area contributed by atoms with Crippen molar-refractivity contribution in [1.29, 1.82) is 0 Å². The highest BCUT2D eigenvalue weighted by Gasteiger charge is 2.02. The topological polar surface area (TPSA) is 51.2 Å². The maximum absolute atomic E-state index is 11.0. The van der Waals surface area contributed by atoms with Crippen LogP contribution in [0.25, 0.3) is 0 Å². The summed E-state index contributed by atoms with van der Waals surface area (Å²) in [5.41, 5.74) is 0. The average Bonchev–Trinajstić information content (AvgIpc) is 2.34. The van der Waals surface area contributed by atoms with Gasteiger partial charge in [-0.1, -0.05) is 6.92 Å². The number of nitrogens with one attached hydrogen (secondary N) is 1. The summed E-state index contributed by atoms with van der Waals surface area (Å²) in [6.07, 6.45) is 2.79. The highest BCUT2D eigenvalue weighted by molar-refractivity contribution is 8.00. The fourth-order valence-corrected chi connectivity index (χ4v) is 1.81. The molecule has 0 saturated heterocycles. The van der Waals surface area contributed by atoms with Crippen molar-refractivity contribution in [2.45, 2.75) is 18.2 Å². The first-order valence-electron chi connectivity index (χ1n) is 5.15. The quantitative estimate of drug-likeness (QED) is 0.610. The Morgan fingerprint density at radius 1 is 1.62 bits per heavy atom. The zero-order chi connectivity index (χ0) is 11.8. The van der Waals surface area contributed by atoms with Gasteiger partial charge in [0.25, 0.3) is 0 Å². The van der Waals surface area contributed by atoms with E-state index in [9.17, 15) is 4.79 Å². The first-order chi connectivity index (χ1) is 7.76. The van der Waals surface area contributed by atoms with Gasteiger partial charge >= 0.3 is 5.97 Å². The minimum absolute atomic E-state index is 0.218. The number of hydrogen-bond donors (Lipinski definition) is 1. The van der Waals surface area contributed by atoms with E-state index in [1.165, 1.54) is 18.9 Å². The number of hydrogen-bond acceptors (Lipinski definition) is 5. The summed E-state index contributed by atoms with van der Waals surface area (Å²) in [6.45, 7) is 3.00. The molecule has 1 aromatic rings. The van der Waals surface area contributed by atoms with Crippen LogP contribution in [-0.2, 0) is 9.53 Å². The van der Waals surface area contributed by atoms with Crippen molar-refractivity contribution in [2.24, 2.45) is 0 Å². The summed E-state index contributed by atoms with van der Waals surface area (Å²) in [5, 5.41) is 3.20. The Morgan fingerprint density at radius 3 is 3.12 bits per heavy atom. The molecule has 5 heteroatoms. The zero-order valence-corrected chi connectivity index (χ0v) is 10.3. The van der Waals surface area contributed by atoms with Gasteiger partial charge < -0.3 is 10.1 Å². The van der Waals surface area contributed by atoms with Gasteiger partial charge in [-0.05, 0) is 18.6 Å². The fraction of sp³-hybridized carbons (Fsp3) is 0.455. The van der Waals surface area contributed by atoms with Crippen LogP contribution >= 0.6 is 11.8 Å². The van der Waals surface area contributed by atoms with Gasteiger partial charge in [0.2, 0.25) is 0 Å². The molecule has 88 valence electrons. The Hall–Kier alpha value is -1.23. The number of nitrogens with zero attached hydrogens (tertiary/aromatic N) is 1. The predicted molar refractivity (Wildman–Crippen MR) is 65.8 cm³/mol.